The van der Waals surface area contributed by atoms with Gasteiger partial charge in [-0.15, -0.1) is 0 Å². The molecule has 2 aliphatic carbocycles. The van der Waals surface area contributed by atoms with E-state index >= 15 is 0 Å². The molecule has 3 heteroatoms. The molecule has 146 valence electrons. The number of amides is 1. The first-order chi connectivity index (χ1) is 12.3. The second-order valence-corrected chi connectivity index (χ2v) is 10.9. The van der Waals surface area contributed by atoms with Crippen molar-refractivity contribution in [1.82, 2.24) is 9.80 Å². The topological polar surface area (TPSA) is 23.6 Å². The lowest BCUT2D eigenvalue weighted by atomic mass is 9.65. The van der Waals surface area contributed by atoms with Crippen LogP contribution in [0.3, 0.4) is 0 Å². The number of likely N-dealkylation sites (tertiary alicyclic amines) is 2. The molecule has 26 heavy (non-hydrogen) atoms. The van der Waals surface area contributed by atoms with Gasteiger partial charge < -0.3 is 9.80 Å². The first kappa shape index (κ1) is 18.5. The number of piperidine rings is 1. The Labute approximate surface area is 160 Å². The SMILES string of the molecule is CC1(C)CC2CC(C)(CN2C(=O)C2CCN(CC3CC=CCC3)CC2)C1. The summed E-state index contributed by atoms with van der Waals surface area (Å²) in [6.45, 7) is 11.7. The van der Waals surface area contributed by atoms with Crippen LogP contribution in [0.15, 0.2) is 12.2 Å². The molecule has 4 aliphatic rings. The molecule has 1 amide bonds. The molecule has 2 aliphatic heterocycles. The van der Waals surface area contributed by atoms with Gasteiger partial charge in [-0.3, -0.25) is 4.79 Å². The van der Waals surface area contributed by atoms with Crippen molar-refractivity contribution in [1.29, 1.82) is 0 Å². The van der Waals surface area contributed by atoms with Crippen LogP contribution in [0, 0.1) is 22.7 Å². The molecule has 3 nitrogen and oxygen atoms in total. The molecule has 0 N–H and O–H groups in total. The Bertz CT molecular complexity index is 561. The molecule has 2 bridgehead atoms. The Balaban J connectivity index is 1.31. The third-order valence-electron chi connectivity index (χ3n) is 7.53. The maximum atomic E-state index is 13.3. The van der Waals surface area contributed by atoms with Crippen LogP contribution in [0.2, 0.25) is 0 Å². The molecule has 3 atom stereocenters. The molecule has 1 saturated carbocycles. The van der Waals surface area contributed by atoms with Crippen LogP contribution in [0.25, 0.3) is 0 Å². The van der Waals surface area contributed by atoms with Gasteiger partial charge in [-0.05, 0) is 81.2 Å². The third kappa shape index (κ3) is 3.88. The molecular weight excluding hydrogens is 320 g/mol. The molecule has 3 fully saturated rings. The van der Waals surface area contributed by atoms with Gasteiger partial charge in [0.2, 0.25) is 5.91 Å². The number of fused-ring (bicyclic) bond motifs is 2. The molecule has 0 radical (unpaired) electrons. The lowest BCUT2D eigenvalue weighted by molar-refractivity contribution is -0.138. The highest BCUT2D eigenvalue weighted by atomic mass is 16.2. The number of carbonyl (C=O) groups excluding carboxylic acids is 1. The summed E-state index contributed by atoms with van der Waals surface area (Å²) in [5.74, 6) is 1.60. The smallest absolute Gasteiger partial charge is 0.226 e. The minimum atomic E-state index is 0.281. The fourth-order valence-electron chi connectivity index (χ4n) is 6.70. The van der Waals surface area contributed by atoms with Crippen LogP contribution < -0.4 is 0 Å². The molecule has 4 rings (SSSR count). The van der Waals surface area contributed by atoms with E-state index in [0.29, 0.717) is 22.8 Å². The summed E-state index contributed by atoms with van der Waals surface area (Å²) in [6.07, 6.45) is 14.4. The second kappa shape index (κ2) is 6.96. The molecule has 0 aromatic heterocycles. The Morgan fingerprint density at radius 2 is 1.85 bits per heavy atom. The summed E-state index contributed by atoms with van der Waals surface area (Å²) in [7, 11) is 0. The van der Waals surface area contributed by atoms with Gasteiger partial charge in [0.25, 0.3) is 0 Å². The van der Waals surface area contributed by atoms with Crippen molar-refractivity contribution in [2.45, 2.75) is 78.2 Å². The van der Waals surface area contributed by atoms with E-state index in [9.17, 15) is 4.79 Å². The summed E-state index contributed by atoms with van der Waals surface area (Å²) in [6, 6.07) is 0.503. The summed E-state index contributed by atoms with van der Waals surface area (Å²) >= 11 is 0. The summed E-state index contributed by atoms with van der Waals surface area (Å²) in [4.78, 5) is 18.2. The molecule has 2 heterocycles. The summed E-state index contributed by atoms with van der Waals surface area (Å²) in [5, 5.41) is 0. The zero-order chi connectivity index (χ0) is 18.4. The van der Waals surface area contributed by atoms with Crippen molar-refractivity contribution in [2.24, 2.45) is 22.7 Å². The van der Waals surface area contributed by atoms with E-state index < -0.39 is 0 Å². The Morgan fingerprint density at radius 1 is 1.08 bits per heavy atom. The monoisotopic (exact) mass is 358 g/mol. The largest absolute Gasteiger partial charge is 0.339 e. The summed E-state index contributed by atoms with van der Waals surface area (Å²) < 4.78 is 0. The van der Waals surface area contributed by atoms with E-state index in [1.165, 1.54) is 45.1 Å². The summed E-state index contributed by atoms with van der Waals surface area (Å²) in [5.41, 5.74) is 0.752. The minimum Gasteiger partial charge on any atom is -0.339 e. The van der Waals surface area contributed by atoms with Gasteiger partial charge in [0.05, 0.1) is 0 Å². The average Bonchev–Trinajstić information content (AvgIpc) is 2.85. The van der Waals surface area contributed by atoms with Gasteiger partial charge in [-0.2, -0.15) is 0 Å². The first-order valence-electron chi connectivity index (χ1n) is 11.0. The van der Waals surface area contributed by atoms with Gasteiger partial charge in [0, 0.05) is 25.0 Å². The van der Waals surface area contributed by atoms with Crippen molar-refractivity contribution in [3.8, 4) is 0 Å². The number of carbonyl (C=O) groups is 1. The lowest BCUT2D eigenvalue weighted by Gasteiger charge is -2.40. The fraction of sp³-hybridized carbons (Fsp3) is 0.870. The predicted octanol–water partition coefficient (Wildman–Crippen LogP) is 4.48. The highest BCUT2D eigenvalue weighted by molar-refractivity contribution is 5.79. The van der Waals surface area contributed by atoms with Crippen LogP contribution in [0.1, 0.15) is 72.1 Å². The van der Waals surface area contributed by atoms with Gasteiger partial charge in [-0.1, -0.05) is 32.9 Å². The van der Waals surface area contributed by atoms with Crippen molar-refractivity contribution in [2.75, 3.05) is 26.2 Å². The van der Waals surface area contributed by atoms with Gasteiger partial charge >= 0.3 is 0 Å². The molecular formula is C23H38N2O. The van der Waals surface area contributed by atoms with Crippen LogP contribution in [0.5, 0.6) is 0 Å². The number of allylic oxidation sites excluding steroid dienone is 2. The van der Waals surface area contributed by atoms with E-state index in [4.69, 9.17) is 0 Å². The fourth-order valence-corrected chi connectivity index (χ4v) is 6.70. The quantitative estimate of drug-likeness (QED) is 0.694. The number of hydrogen-bond donors (Lipinski definition) is 0. The third-order valence-corrected chi connectivity index (χ3v) is 7.53. The van der Waals surface area contributed by atoms with E-state index in [1.807, 2.05) is 0 Å². The maximum Gasteiger partial charge on any atom is 0.226 e. The predicted molar refractivity (Wildman–Crippen MR) is 107 cm³/mol. The van der Waals surface area contributed by atoms with Crippen LogP contribution in [-0.4, -0.2) is 47.9 Å². The highest BCUT2D eigenvalue weighted by Crippen LogP contribution is 2.52. The van der Waals surface area contributed by atoms with E-state index in [1.54, 1.807) is 0 Å². The maximum absolute atomic E-state index is 13.3. The normalized spacial score (nSPS) is 37.9. The van der Waals surface area contributed by atoms with Gasteiger partial charge in [-0.25, -0.2) is 0 Å². The zero-order valence-corrected chi connectivity index (χ0v) is 17.2. The molecule has 3 unspecified atom stereocenters. The Morgan fingerprint density at radius 3 is 2.54 bits per heavy atom. The zero-order valence-electron chi connectivity index (χ0n) is 17.2. The Kier molecular flexibility index (Phi) is 4.96. The number of hydrogen-bond acceptors (Lipinski definition) is 2. The minimum absolute atomic E-state index is 0.281. The van der Waals surface area contributed by atoms with Crippen molar-refractivity contribution in [3.05, 3.63) is 12.2 Å². The molecule has 0 aromatic carbocycles. The molecule has 0 spiro atoms. The van der Waals surface area contributed by atoms with Crippen LogP contribution in [-0.2, 0) is 4.79 Å². The standard InChI is InChI=1S/C23H38N2O/c1-22(2)13-20-14-23(3,16-22)17-25(20)21(26)19-9-11-24(12-10-19)15-18-7-5-4-6-8-18/h4-5,18-20H,6-17H2,1-3H3. The van der Waals surface area contributed by atoms with Gasteiger partial charge in [0.1, 0.15) is 0 Å². The van der Waals surface area contributed by atoms with Crippen molar-refractivity contribution < 1.29 is 4.79 Å². The van der Waals surface area contributed by atoms with Crippen LogP contribution in [0.4, 0.5) is 0 Å². The van der Waals surface area contributed by atoms with Gasteiger partial charge in [0.15, 0.2) is 0 Å². The first-order valence-corrected chi connectivity index (χ1v) is 11.0. The molecule has 2 saturated heterocycles. The van der Waals surface area contributed by atoms with E-state index in [2.05, 4.69) is 42.7 Å². The van der Waals surface area contributed by atoms with Crippen molar-refractivity contribution >= 4 is 5.91 Å². The van der Waals surface area contributed by atoms with Crippen LogP contribution >= 0.6 is 0 Å². The Hall–Kier alpha value is -0.830. The van der Waals surface area contributed by atoms with E-state index in [-0.39, 0.29) is 5.92 Å². The average molecular weight is 359 g/mol. The van der Waals surface area contributed by atoms with Crippen molar-refractivity contribution in [3.63, 3.8) is 0 Å². The highest BCUT2D eigenvalue weighted by Gasteiger charge is 2.51. The lowest BCUT2D eigenvalue weighted by Crippen LogP contribution is -2.45. The number of rotatable bonds is 3. The second-order valence-electron chi connectivity index (χ2n) is 10.9. The number of nitrogens with zero attached hydrogens (tertiary/aromatic N) is 2. The van der Waals surface area contributed by atoms with E-state index in [0.717, 1.165) is 38.4 Å². The molecule has 0 aromatic rings.